The number of rotatable bonds is 16. The molecule has 4 N–H and O–H groups in total. The van der Waals surface area contributed by atoms with Crippen LogP contribution in [0.3, 0.4) is 0 Å². The van der Waals surface area contributed by atoms with E-state index in [2.05, 4.69) is 6.92 Å². The molecule has 0 radical (unpaired) electrons. The van der Waals surface area contributed by atoms with Crippen LogP contribution in [0.25, 0.3) is 0 Å². The molecule has 0 spiro atoms. The fourth-order valence-corrected chi connectivity index (χ4v) is 3.70. The number of aryl methyl sites for hydroxylation is 1. The van der Waals surface area contributed by atoms with Crippen LogP contribution in [0.1, 0.15) is 87.1 Å². The highest BCUT2D eigenvalue weighted by Gasteiger charge is 2.07. The van der Waals surface area contributed by atoms with Gasteiger partial charge in [0.25, 0.3) is 0 Å². The predicted molar refractivity (Wildman–Crippen MR) is 135 cm³/mol. The molecule has 0 saturated carbocycles. The average molecular weight is 454 g/mol. The first kappa shape index (κ1) is 26.5. The number of anilines is 1. The molecule has 2 rings (SSSR count). The zero-order chi connectivity index (χ0) is 23.9. The van der Waals surface area contributed by atoms with Crippen LogP contribution in [0.5, 0.6) is 11.5 Å². The summed E-state index contributed by atoms with van der Waals surface area (Å²) < 4.78 is 5.46. The maximum atomic E-state index is 12.2. The second kappa shape index (κ2) is 15.1. The molecular weight excluding hydrogens is 414 g/mol. The molecule has 0 saturated heterocycles. The summed E-state index contributed by atoms with van der Waals surface area (Å²) in [7, 11) is 0. The lowest BCUT2D eigenvalue weighted by atomic mass is 10.0. The van der Waals surface area contributed by atoms with E-state index in [0.717, 1.165) is 6.42 Å². The normalized spacial score (nSPS) is 12.2. The second-order valence-electron chi connectivity index (χ2n) is 8.58. The van der Waals surface area contributed by atoms with Crippen molar-refractivity contribution in [1.29, 1.82) is 0 Å². The van der Waals surface area contributed by atoms with Crippen molar-refractivity contribution in [2.75, 3.05) is 5.73 Å². The zero-order valence-electron chi connectivity index (χ0n) is 19.8. The van der Waals surface area contributed by atoms with Gasteiger partial charge in [-0.1, -0.05) is 76.8 Å². The van der Waals surface area contributed by atoms with Gasteiger partial charge in [0.15, 0.2) is 5.78 Å². The van der Waals surface area contributed by atoms with Gasteiger partial charge in [-0.2, -0.15) is 0 Å². The van der Waals surface area contributed by atoms with Crippen LogP contribution in [0.15, 0.2) is 54.6 Å². The van der Waals surface area contributed by atoms with Crippen LogP contribution in [0, 0.1) is 0 Å². The number of aliphatic hydroxyl groups is 1. The van der Waals surface area contributed by atoms with Gasteiger partial charge in [-0.15, -0.1) is 0 Å². The molecule has 33 heavy (non-hydrogen) atoms. The third-order valence-electron chi connectivity index (χ3n) is 5.72. The average Bonchev–Trinajstić information content (AvgIpc) is 2.81. The highest BCUT2D eigenvalue weighted by atomic mass is 16.6. The van der Waals surface area contributed by atoms with Crippen molar-refractivity contribution in [2.45, 2.75) is 83.8 Å². The number of carbonyl (C=O) groups is 1. The number of nitrogen functional groups attached to an aromatic ring is 1. The minimum absolute atomic E-state index is 0.0736. The van der Waals surface area contributed by atoms with Crippen LogP contribution in [-0.4, -0.2) is 22.3 Å². The summed E-state index contributed by atoms with van der Waals surface area (Å²) in [5, 5.41) is 19.5. The van der Waals surface area contributed by atoms with E-state index >= 15 is 0 Å². The Kier molecular flexibility index (Phi) is 12.1. The summed E-state index contributed by atoms with van der Waals surface area (Å²) in [6.45, 7) is 2.25. The van der Waals surface area contributed by atoms with E-state index in [9.17, 15) is 15.0 Å². The summed E-state index contributed by atoms with van der Waals surface area (Å²) in [6.07, 6.45) is 15.6. The number of aromatic hydroxyl groups is 1. The third-order valence-corrected chi connectivity index (χ3v) is 5.72. The van der Waals surface area contributed by atoms with E-state index in [1.54, 1.807) is 0 Å². The number of unbranched alkanes of at least 4 members (excludes halogenated alkanes) is 9. The third kappa shape index (κ3) is 10.6. The standard InChI is InChI=1S/C28H39NO4/c1-2-3-4-5-6-7-8-9-10-11-12-22-13-16-24(17-14-22)33-28(32)20-19-26(30)23-15-18-27(31)25(29)21-23/h13-21,28,31-32H,2-12,29H2,1H3. The lowest BCUT2D eigenvalue weighted by Crippen LogP contribution is -2.12. The van der Waals surface area contributed by atoms with Gasteiger partial charge in [0.1, 0.15) is 11.5 Å². The van der Waals surface area contributed by atoms with Crippen LogP contribution in [0.2, 0.25) is 0 Å². The number of hydrogen-bond acceptors (Lipinski definition) is 5. The number of benzene rings is 2. The van der Waals surface area contributed by atoms with Gasteiger partial charge in [-0.05, 0) is 60.9 Å². The predicted octanol–water partition coefficient (Wildman–Crippen LogP) is 6.57. The van der Waals surface area contributed by atoms with E-state index in [4.69, 9.17) is 10.5 Å². The first-order valence-corrected chi connectivity index (χ1v) is 12.2. The molecule has 0 aliphatic carbocycles. The molecule has 0 aliphatic rings. The van der Waals surface area contributed by atoms with Gasteiger partial charge < -0.3 is 20.7 Å². The number of phenols is 1. The first-order chi connectivity index (χ1) is 16.0. The Balaban J connectivity index is 1.64. The van der Waals surface area contributed by atoms with Crippen molar-refractivity contribution in [3.05, 3.63) is 65.7 Å². The largest absolute Gasteiger partial charge is 0.506 e. The van der Waals surface area contributed by atoms with Gasteiger partial charge in [0, 0.05) is 5.56 Å². The monoisotopic (exact) mass is 453 g/mol. The van der Waals surface area contributed by atoms with Crippen molar-refractivity contribution in [3.8, 4) is 11.5 Å². The first-order valence-electron chi connectivity index (χ1n) is 12.2. The molecule has 0 heterocycles. The van der Waals surface area contributed by atoms with Crippen LogP contribution >= 0.6 is 0 Å². The van der Waals surface area contributed by atoms with E-state index in [0.29, 0.717) is 11.3 Å². The molecular formula is C28H39NO4. The van der Waals surface area contributed by atoms with E-state index in [1.807, 2.05) is 24.3 Å². The SMILES string of the molecule is CCCCCCCCCCCCc1ccc(OC(O)C=CC(=O)c2ccc(O)c(N)c2)cc1. The van der Waals surface area contributed by atoms with Crippen LogP contribution in [-0.2, 0) is 6.42 Å². The molecule has 1 atom stereocenters. The summed E-state index contributed by atoms with van der Waals surface area (Å²) in [5.74, 6) is 0.131. The van der Waals surface area contributed by atoms with Gasteiger partial charge >= 0.3 is 0 Å². The Morgan fingerprint density at radius 2 is 1.55 bits per heavy atom. The molecule has 0 bridgehead atoms. The fraction of sp³-hybridized carbons (Fsp3) is 0.464. The molecule has 5 nitrogen and oxygen atoms in total. The van der Waals surface area contributed by atoms with Crippen molar-refractivity contribution in [2.24, 2.45) is 0 Å². The van der Waals surface area contributed by atoms with Crippen molar-refractivity contribution >= 4 is 11.5 Å². The minimum Gasteiger partial charge on any atom is -0.506 e. The molecule has 2 aromatic carbocycles. The van der Waals surface area contributed by atoms with Gasteiger partial charge in [-0.3, -0.25) is 4.79 Å². The molecule has 2 aromatic rings. The molecule has 0 aromatic heterocycles. The topological polar surface area (TPSA) is 92.8 Å². The summed E-state index contributed by atoms with van der Waals surface area (Å²) >= 11 is 0. The Labute approximate surface area is 198 Å². The quantitative estimate of drug-likeness (QED) is 0.0667. The number of allylic oxidation sites excluding steroid dienone is 1. The molecule has 0 fully saturated rings. The van der Waals surface area contributed by atoms with Gasteiger partial charge in [0.05, 0.1) is 5.69 Å². The van der Waals surface area contributed by atoms with E-state index in [-0.39, 0.29) is 17.2 Å². The molecule has 0 aliphatic heterocycles. The second-order valence-corrected chi connectivity index (χ2v) is 8.58. The summed E-state index contributed by atoms with van der Waals surface area (Å²) in [4.78, 5) is 12.2. The van der Waals surface area contributed by atoms with Crippen LogP contribution in [0.4, 0.5) is 5.69 Å². The number of aliphatic hydroxyl groups excluding tert-OH is 1. The Hall–Kier alpha value is -2.79. The number of ketones is 1. The number of carbonyl (C=O) groups excluding carboxylic acids is 1. The molecule has 5 heteroatoms. The summed E-state index contributed by atoms with van der Waals surface area (Å²) in [5.41, 5.74) is 7.31. The maximum Gasteiger partial charge on any atom is 0.217 e. The molecule has 180 valence electrons. The molecule has 1 unspecified atom stereocenters. The van der Waals surface area contributed by atoms with Crippen molar-refractivity contribution < 1.29 is 19.7 Å². The van der Waals surface area contributed by atoms with E-state index < -0.39 is 6.29 Å². The highest BCUT2D eigenvalue weighted by Crippen LogP contribution is 2.21. The van der Waals surface area contributed by atoms with Crippen molar-refractivity contribution in [1.82, 2.24) is 0 Å². The maximum absolute atomic E-state index is 12.2. The smallest absolute Gasteiger partial charge is 0.217 e. The number of nitrogens with two attached hydrogens (primary N) is 1. The lowest BCUT2D eigenvalue weighted by molar-refractivity contribution is 0.0245. The zero-order valence-corrected chi connectivity index (χ0v) is 19.8. The highest BCUT2D eigenvalue weighted by molar-refractivity contribution is 6.05. The lowest BCUT2D eigenvalue weighted by Gasteiger charge is -2.10. The Bertz CT molecular complexity index is 861. The van der Waals surface area contributed by atoms with Gasteiger partial charge in [-0.25, -0.2) is 0 Å². The van der Waals surface area contributed by atoms with Gasteiger partial charge in [0.2, 0.25) is 6.29 Å². The van der Waals surface area contributed by atoms with E-state index in [1.165, 1.54) is 100 Å². The summed E-state index contributed by atoms with van der Waals surface area (Å²) in [6, 6.07) is 11.9. The van der Waals surface area contributed by atoms with Crippen molar-refractivity contribution in [3.63, 3.8) is 0 Å². The Morgan fingerprint density at radius 1 is 0.939 bits per heavy atom. The number of ether oxygens (including phenoxy) is 1. The number of hydrogen-bond donors (Lipinski definition) is 3. The Morgan fingerprint density at radius 3 is 2.15 bits per heavy atom. The fourth-order valence-electron chi connectivity index (χ4n) is 3.70. The minimum atomic E-state index is -1.24. The molecule has 0 amide bonds. The number of phenolic OH excluding ortho intramolecular Hbond substituents is 1. The van der Waals surface area contributed by atoms with Crippen LogP contribution < -0.4 is 10.5 Å².